The average molecular weight is 320 g/mol. The van der Waals surface area contributed by atoms with Gasteiger partial charge in [0.25, 0.3) is 0 Å². The van der Waals surface area contributed by atoms with Gasteiger partial charge in [0.2, 0.25) is 11.8 Å². The molecule has 0 aliphatic carbocycles. The van der Waals surface area contributed by atoms with Gasteiger partial charge in [0, 0.05) is 26.1 Å². The molecule has 1 unspecified atom stereocenters. The van der Waals surface area contributed by atoms with Crippen molar-refractivity contribution in [3.05, 3.63) is 29.8 Å². The van der Waals surface area contributed by atoms with Gasteiger partial charge >= 0.3 is 0 Å². The highest BCUT2D eigenvalue weighted by molar-refractivity contribution is 5.83. The maximum atomic E-state index is 12.0. The zero-order valence-electron chi connectivity index (χ0n) is 13.5. The molecule has 0 aromatic heterocycles. The highest BCUT2D eigenvalue weighted by Crippen LogP contribution is 2.19. The fourth-order valence-corrected chi connectivity index (χ4v) is 2.72. The summed E-state index contributed by atoms with van der Waals surface area (Å²) in [6.07, 6.45) is 1.73. The predicted molar refractivity (Wildman–Crippen MR) is 86.1 cm³/mol. The Labute approximate surface area is 136 Å². The molecule has 0 bridgehead atoms. The second-order valence-electron chi connectivity index (χ2n) is 5.69. The lowest BCUT2D eigenvalue weighted by molar-refractivity contribution is -0.138. The van der Waals surface area contributed by atoms with Crippen molar-refractivity contribution in [3.8, 4) is 5.75 Å². The number of carbonyl (C=O) groups excluding carboxylic acids is 2. The van der Waals surface area contributed by atoms with Gasteiger partial charge in [-0.3, -0.25) is 9.59 Å². The number of piperidine rings is 1. The maximum Gasteiger partial charge on any atom is 0.224 e. The van der Waals surface area contributed by atoms with Crippen molar-refractivity contribution in [3.63, 3.8) is 0 Å². The molecular weight excluding hydrogens is 296 g/mol. The first kappa shape index (κ1) is 17.3. The maximum absolute atomic E-state index is 12.0. The van der Waals surface area contributed by atoms with Crippen molar-refractivity contribution in [2.24, 2.45) is 5.92 Å². The minimum atomic E-state index is -0.185. The molecular formula is C17H24N2O4. The van der Waals surface area contributed by atoms with Crippen LogP contribution in [0.4, 0.5) is 0 Å². The van der Waals surface area contributed by atoms with E-state index in [1.165, 1.54) is 0 Å². The lowest BCUT2D eigenvalue weighted by Crippen LogP contribution is -2.46. The quantitative estimate of drug-likeness (QED) is 0.770. The van der Waals surface area contributed by atoms with E-state index in [1.54, 1.807) is 12.0 Å². The largest absolute Gasteiger partial charge is 0.497 e. The van der Waals surface area contributed by atoms with Crippen LogP contribution in [-0.2, 0) is 16.0 Å². The Morgan fingerprint density at radius 3 is 2.78 bits per heavy atom. The first-order chi connectivity index (χ1) is 11.1. The number of nitrogens with zero attached hydrogens (tertiary/aromatic N) is 1. The minimum absolute atomic E-state index is 0.0709. The molecule has 2 rings (SSSR count). The molecule has 1 aromatic carbocycles. The van der Waals surface area contributed by atoms with Gasteiger partial charge in [-0.05, 0) is 30.5 Å². The van der Waals surface area contributed by atoms with Gasteiger partial charge in [-0.2, -0.15) is 0 Å². The Kier molecular flexibility index (Phi) is 6.40. The first-order valence-electron chi connectivity index (χ1n) is 7.93. The van der Waals surface area contributed by atoms with Crippen molar-refractivity contribution in [2.45, 2.75) is 19.3 Å². The van der Waals surface area contributed by atoms with Gasteiger partial charge in [-0.1, -0.05) is 12.1 Å². The smallest absolute Gasteiger partial charge is 0.224 e. The summed E-state index contributed by atoms with van der Waals surface area (Å²) in [5.41, 5.74) is 1.13. The normalized spacial score (nSPS) is 17.9. The predicted octanol–water partition coefficient (Wildman–Crippen LogP) is 0.585. The van der Waals surface area contributed by atoms with Crippen molar-refractivity contribution in [1.29, 1.82) is 0 Å². The fraction of sp³-hybridized carbons (Fsp3) is 0.529. The minimum Gasteiger partial charge on any atom is -0.497 e. The van der Waals surface area contributed by atoms with E-state index in [9.17, 15) is 9.59 Å². The Hall–Kier alpha value is -2.08. The highest BCUT2D eigenvalue weighted by Gasteiger charge is 2.29. The molecule has 0 radical (unpaired) electrons. The number of hydrogen-bond donors (Lipinski definition) is 2. The van der Waals surface area contributed by atoms with Crippen molar-refractivity contribution in [1.82, 2.24) is 10.2 Å². The molecule has 1 aromatic rings. The summed E-state index contributed by atoms with van der Waals surface area (Å²) in [5, 5.41) is 11.5. The van der Waals surface area contributed by atoms with Crippen LogP contribution in [0.3, 0.4) is 0 Å². The van der Waals surface area contributed by atoms with E-state index in [0.717, 1.165) is 17.7 Å². The Morgan fingerprint density at radius 2 is 2.13 bits per heavy atom. The van der Waals surface area contributed by atoms with Crippen LogP contribution < -0.4 is 10.1 Å². The summed E-state index contributed by atoms with van der Waals surface area (Å²) in [4.78, 5) is 25.8. The molecule has 1 aliphatic rings. The number of hydrogen-bond acceptors (Lipinski definition) is 4. The van der Waals surface area contributed by atoms with E-state index in [4.69, 9.17) is 9.84 Å². The van der Waals surface area contributed by atoms with Crippen LogP contribution >= 0.6 is 0 Å². The van der Waals surface area contributed by atoms with E-state index < -0.39 is 0 Å². The van der Waals surface area contributed by atoms with E-state index in [-0.39, 0.29) is 30.9 Å². The van der Waals surface area contributed by atoms with Gasteiger partial charge < -0.3 is 20.1 Å². The fourth-order valence-electron chi connectivity index (χ4n) is 2.72. The first-order valence-corrected chi connectivity index (χ1v) is 7.93. The molecule has 1 aliphatic heterocycles. The molecule has 1 atom stereocenters. The molecule has 6 nitrogen and oxygen atoms in total. The van der Waals surface area contributed by atoms with Gasteiger partial charge in [0.15, 0.2) is 0 Å². The zero-order chi connectivity index (χ0) is 16.7. The van der Waals surface area contributed by atoms with Gasteiger partial charge in [0.05, 0.1) is 19.6 Å². The molecule has 0 saturated carbocycles. The molecule has 2 amide bonds. The van der Waals surface area contributed by atoms with Crippen LogP contribution in [0.15, 0.2) is 24.3 Å². The monoisotopic (exact) mass is 320 g/mol. The molecule has 126 valence electrons. The Balaban J connectivity index is 1.87. The second-order valence-corrected chi connectivity index (χ2v) is 5.69. The number of ether oxygens (including phenoxy) is 1. The Morgan fingerprint density at radius 1 is 1.39 bits per heavy atom. The van der Waals surface area contributed by atoms with E-state index in [0.29, 0.717) is 25.9 Å². The van der Waals surface area contributed by atoms with Crippen LogP contribution in [-0.4, -0.2) is 55.2 Å². The summed E-state index contributed by atoms with van der Waals surface area (Å²) >= 11 is 0. The number of benzene rings is 1. The number of rotatable bonds is 7. The summed E-state index contributed by atoms with van der Waals surface area (Å²) in [6.45, 7) is 1.24. The number of carbonyl (C=O) groups is 2. The number of amides is 2. The SMILES string of the molecule is COc1ccc(CCN2CC(C(=O)NCCO)CCC2=O)cc1. The van der Waals surface area contributed by atoms with Crippen LogP contribution in [0.5, 0.6) is 5.75 Å². The van der Waals surface area contributed by atoms with Crippen LogP contribution in [0.2, 0.25) is 0 Å². The average Bonchev–Trinajstić information content (AvgIpc) is 2.59. The number of likely N-dealkylation sites (tertiary alicyclic amines) is 1. The van der Waals surface area contributed by atoms with Gasteiger partial charge in [-0.15, -0.1) is 0 Å². The molecule has 6 heteroatoms. The van der Waals surface area contributed by atoms with E-state index >= 15 is 0 Å². The van der Waals surface area contributed by atoms with Crippen LogP contribution in [0.25, 0.3) is 0 Å². The van der Waals surface area contributed by atoms with Crippen LogP contribution in [0.1, 0.15) is 18.4 Å². The molecule has 1 fully saturated rings. The number of aliphatic hydroxyl groups excluding tert-OH is 1. The van der Waals surface area contributed by atoms with E-state index in [2.05, 4.69) is 5.32 Å². The summed E-state index contributed by atoms with van der Waals surface area (Å²) in [5.74, 6) is 0.643. The third-order valence-electron chi connectivity index (χ3n) is 4.11. The van der Waals surface area contributed by atoms with E-state index in [1.807, 2.05) is 24.3 Å². The molecule has 0 spiro atoms. The van der Waals surface area contributed by atoms with Crippen molar-refractivity contribution in [2.75, 3.05) is 33.4 Å². The lowest BCUT2D eigenvalue weighted by atomic mass is 9.96. The zero-order valence-corrected chi connectivity index (χ0v) is 13.5. The van der Waals surface area contributed by atoms with Gasteiger partial charge in [0.1, 0.15) is 5.75 Å². The third-order valence-corrected chi connectivity index (χ3v) is 4.11. The standard InChI is InChI=1S/C17H24N2O4/c1-23-15-5-2-13(3-6-15)8-10-19-12-14(4-7-16(19)21)17(22)18-9-11-20/h2-3,5-6,14,20H,4,7-12H2,1H3,(H,18,22). The molecule has 1 heterocycles. The summed E-state index contributed by atoms with van der Waals surface area (Å²) in [7, 11) is 1.63. The van der Waals surface area contributed by atoms with Crippen LogP contribution in [0, 0.1) is 5.92 Å². The Bertz CT molecular complexity index is 530. The lowest BCUT2D eigenvalue weighted by Gasteiger charge is -2.32. The summed E-state index contributed by atoms with van der Waals surface area (Å²) in [6, 6.07) is 7.77. The van der Waals surface area contributed by atoms with Gasteiger partial charge in [-0.25, -0.2) is 0 Å². The molecule has 23 heavy (non-hydrogen) atoms. The second kappa shape index (κ2) is 8.53. The molecule has 2 N–H and O–H groups in total. The number of aliphatic hydroxyl groups is 1. The highest BCUT2D eigenvalue weighted by atomic mass is 16.5. The third kappa shape index (κ3) is 4.96. The topological polar surface area (TPSA) is 78.9 Å². The van der Waals surface area contributed by atoms with Crippen molar-refractivity contribution >= 4 is 11.8 Å². The number of nitrogens with one attached hydrogen (secondary N) is 1. The summed E-state index contributed by atoms with van der Waals surface area (Å²) < 4.78 is 5.13. The van der Waals surface area contributed by atoms with Crippen molar-refractivity contribution < 1.29 is 19.4 Å². The number of methoxy groups -OCH3 is 1. The molecule has 1 saturated heterocycles.